The van der Waals surface area contributed by atoms with Gasteiger partial charge in [0.2, 0.25) is 5.91 Å². The number of carbonyl (C=O) groups is 1. The number of primary amides is 1. The molecule has 2 atom stereocenters. The number of amides is 1. The molecule has 0 radical (unpaired) electrons. The van der Waals surface area contributed by atoms with Crippen molar-refractivity contribution in [2.75, 3.05) is 0 Å². The first-order chi connectivity index (χ1) is 12.5. The van der Waals surface area contributed by atoms with Gasteiger partial charge in [-0.15, -0.1) is 0 Å². The van der Waals surface area contributed by atoms with Gasteiger partial charge in [-0.25, -0.2) is 0 Å². The lowest BCUT2D eigenvalue weighted by atomic mass is 9.97. The van der Waals surface area contributed by atoms with E-state index in [2.05, 4.69) is 9.97 Å². The van der Waals surface area contributed by atoms with Crippen molar-refractivity contribution in [2.24, 2.45) is 17.2 Å². The Labute approximate surface area is 152 Å². The standard InChI is InChI=1S/C20H21N5O/c21-16(13-4-2-1-3-5-13)11-17(22)15-6-7-18(25-12-15)19-10-14(20(23)26)8-9-24-19/h1-10,12,16-17H,11,21-22H2,(H2,23,26). The summed E-state index contributed by atoms with van der Waals surface area (Å²) in [5.74, 6) is -0.498. The van der Waals surface area contributed by atoms with Crippen LogP contribution >= 0.6 is 0 Å². The molecule has 0 spiro atoms. The normalized spacial score (nSPS) is 13.2. The lowest BCUT2D eigenvalue weighted by molar-refractivity contribution is 0.1000. The Kier molecular flexibility index (Phi) is 5.36. The van der Waals surface area contributed by atoms with Crippen molar-refractivity contribution >= 4 is 5.91 Å². The van der Waals surface area contributed by atoms with Gasteiger partial charge in [-0.3, -0.25) is 14.8 Å². The number of carbonyl (C=O) groups excluding carboxylic acids is 1. The lowest BCUT2D eigenvalue weighted by Gasteiger charge is -2.18. The zero-order valence-corrected chi connectivity index (χ0v) is 14.2. The number of aromatic nitrogens is 2. The van der Waals surface area contributed by atoms with Crippen molar-refractivity contribution in [1.82, 2.24) is 9.97 Å². The van der Waals surface area contributed by atoms with E-state index in [4.69, 9.17) is 17.2 Å². The molecule has 132 valence electrons. The smallest absolute Gasteiger partial charge is 0.248 e. The van der Waals surface area contributed by atoms with Gasteiger partial charge in [-0.1, -0.05) is 36.4 Å². The predicted molar refractivity (Wildman–Crippen MR) is 101 cm³/mol. The van der Waals surface area contributed by atoms with E-state index in [0.29, 0.717) is 23.4 Å². The van der Waals surface area contributed by atoms with E-state index in [0.717, 1.165) is 11.1 Å². The largest absolute Gasteiger partial charge is 0.366 e. The average molecular weight is 347 g/mol. The van der Waals surface area contributed by atoms with Gasteiger partial charge < -0.3 is 17.2 Å². The summed E-state index contributed by atoms with van der Waals surface area (Å²) in [7, 11) is 0. The monoisotopic (exact) mass is 347 g/mol. The highest BCUT2D eigenvalue weighted by Crippen LogP contribution is 2.24. The molecule has 3 rings (SSSR count). The molecule has 0 aliphatic rings. The number of benzene rings is 1. The van der Waals surface area contributed by atoms with E-state index >= 15 is 0 Å². The van der Waals surface area contributed by atoms with Crippen LogP contribution in [0.1, 0.15) is 40.0 Å². The van der Waals surface area contributed by atoms with Gasteiger partial charge in [0.15, 0.2) is 0 Å². The summed E-state index contributed by atoms with van der Waals surface area (Å²) < 4.78 is 0. The van der Waals surface area contributed by atoms with Crippen molar-refractivity contribution in [3.63, 3.8) is 0 Å². The summed E-state index contributed by atoms with van der Waals surface area (Å²) in [6.45, 7) is 0. The van der Waals surface area contributed by atoms with E-state index in [-0.39, 0.29) is 12.1 Å². The maximum Gasteiger partial charge on any atom is 0.248 e. The average Bonchev–Trinajstić information content (AvgIpc) is 2.68. The van der Waals surface area contributed by atoms with E-state index in [1.807, 2.05) is 42.5 Å². The minimum Gasteiger partial charge on any atom is -0.366 e. The van der Waals surface area contributed by atoms with E-state index in [1.54, 1.807) is 18.3 Å². The highest BCUT2D eigenvalue weighted by molar-refractivity contribution is 5.93. The van der Waals surface area contributed by atoms with Crippen LogP contribution in [0, 0.1) is 0 Å². The van der Waals surface area contributed by atoms with Gasteiger partial charge in [0, 0.05) is 30.0 Å². The van der Waals surface area contributed by atoms with E-state index < -0.39 is 5.91 Å². The molecule has 0 fully saturated rings. The number of nitrogens with two attached hydrogens (primary N) is 3. The third kappa shape index (κ3) is 4.11. The second kappa shape index (κ2) is 7.86. The van der Waals surface area contributed by atoms with Gasteiger partial charge in [0.25, 0.3) is 0 Å². The fraction of sp³-hybridized carbons (Fsp3) is 0.150. The van der Waals surface area contributed by atoms with Gasteiger partial charge in [0.1, 0.15) is 0 Å². The first-order valence-corrected chi connectivity index (χ1v) is 8.33. The minimum absolute atomic E-state index is 0.139. The molecule has 0 aliphatic carbocycles. The SMILES string of the molecule is NC(=O)c1ccnc(-c2ccc(C(N)CC(N)c3ccccc3)cn2)c1. The molecule has 26 heavy (non-hydrogen) atoms. The Balaban J connectivity index is 1.73. The van der Waals surface area contributed by atoms with Crippen molar-refractivity contribution in [1.29, 1.82) is 0 Å². The third-order valence-corrected chi connectivity index (χ3v) is 4.26. The Morgan fingerprint density at radius 2 is 1.62 bits per heavy atom. The highest BCUT2D eigenvalue weighted by atomic mass is 16.1. The molecule has 1 amide bonds. The Hall–Kier alpha value is -3.09. The van der Waals surface area contributed by atoms with Gasteiger partial charge in [-0.05, 0) is 35.7 Å². The summed E-state index contributed by atoms with van der Waals surface area (Å²) in [6, 6.07) is 16.4. The van der Waals surface area contributed by atoms with Crippen molar-refractivity contribution in [3.05, 3.63) is 83.7 Å². The third-order valence-electron chi connectivity index (χ3n) is 4.26. The fourth-order valence-electron chi connectivity index (χ4n) is 2.75. The molecule has 1 aromatic carbocycles. The predicted octanol–water partition coefficient (Wildman–Crippen LogP) is 2.33. The van der Waals surface area contributed by atoms with Crippen LogP contribution in [0.2, 0.25) is 0 Å². The van der Waals surface area contributed by atoms with E-state index in [1.165, 1.54) is 6.20 Å². The zero-order valence-electron chi connectivity index (χ0n) is 14.2. The van der Waals surface area contributed by atoms with Crippen molar-refractivity contribution in [2.45, 2.75) is 18.5 Å². The maximum atomic E-state index is 11.3. The molecule has 2 heterocycles. The van der Waals surface area contributed by atoms with Gasteiger partial charge >= 0.3 is 0 Å². The number of hydrogen-bond acceptors (Lipinski definition) is 5. The highest BCUT2D eigenvalue weighted by Gasteiger charge is 2.14. The lowest BCUT2D eigenvalue weighted by Crippen LogP contribution is -2.19. The number of hydrogen-bond donors (Lipinski definition) is 3. The van der Waals surface area contributed by atoms with Crippen LogP contribution in [0.4, 0.5) is 0 Å². The quantitative estimate of drug-likeness (QED) is 0.632. The van der Waals surface area contributed by atoms with Crippen LogP contribution < -0.4 is 17.2 Å². The Morgan fingerprint density at radius 1 is 0.885 bits per heavy atom. The van der Waals surface area contributed by atoms with Crippen LogP contribution in [0.5, 0.6) is 0 Å². The van der Waals surface area contributed by atoms with Crippen LogP contribution in [0.15, 0.2) is 67.0 Å². The Morgan fingerprint density at radius 3 is 2.27 bits per heavy atom. The van der Waals surface area contributed by atoms with Crippen LogP contribution in [-0.2, 0) is 0 Å². The number of nitrogens with zero attached hydrogens (tertiary/aromatic N) is 2. The molecule has 0 bridgehead atoms. The van der Waals surface area contributed by atoms with Crippen LogP contribution in [0.3, 0.4) is 0 Å². The van der Waals surface area contributed by atoms with Crippen molar-refractivity contribution in [3.8, 4) is 11.4 Å². The van der Waals surface area contributed by atoms with Gasteiger partial charge in [-0.2, -0.15) is 0 Å². The minimum atomic E-state index is -0.498. The van der Waals surface area contributed by atoms with Crippen LogP contribution in [-0.4, -0.2) is 15.9 Å². The van der Waals surface area contributed by atoms with Crippen molar-refractivity contribution < 1.29 is 4.79 Å². The molecule has 0 saturated heterocycles. The number of rotatable bonds is 6. The fourth-order valence-corrected chi connectivity index (χ4v) is 2.75. The molecular formula is C20H21N5O. The molecular weight excluding hydrogens is 326 g/mol. The zero-order chi connectivity index (χ0) is 18.5. The molecule has 3 aromatic rings. The van der Waals surface area contributed by atoms with E-state index in [9.17, 15) is 4.79 Å². The topological polar surface area (TPSA) is 121 Å². The van der Waals surface area contributed by atoms with Crippen LogP contribution in [0.25, 0.3) is 11.4 Å². The molecule has 0 saturated carbocycles. The second-order valence-electron chi connectivity index (χ2n) is 6.13. The summed E-state index contributed by atoms with van der Waals surface area (Å²) in [5.41, 5.74) is 21.4. The molecule has 2 unspecified atom stereocenters. The summed E-state index contributed by atoms with van der Waals surface area (Å²) in [5, 5.41) is 0. The van der Waals surface area contributed by atoms with Gasteiger partial charge in [0.05, 0.1) is 11.4 Å². The molecule has 6 nitrogen and oxygen atoms in total. The Bertz CT molecular complexity index is 880. The summed E-state index contributed by atoms with van der Waals surface area (Å²) >= 11 is 0. The second-order valence-corrected chi connectivity index (χ2v) is 6.13. The molecule has 0 aliphatic heterocycles. The molecule has 6 N–H and O–H groups in total. The first kappa shape index (κ1) is 17.7. The molecule has 2 aromatic heterocycles. The first-order valence-electron chi connectivity index (χ1n) is 8.33. The number of pyridine rings is 2. The summed E-state index contributed by atoms with van der Waals surface area (Å²) in [4.78, 5) is 19.9. The molecule has 6 heteroatoms. The maximum absolute atomic E-state index is 11.3. The summed E-state index contributed by atoms with van der Waals surface area (Å²) in [6.07, 6.45) is 3.87.